The molecule has 2 aromatic carbocycles. The lowest BCUT2D eigenvalue weighted by Crippen LogP contribution is -2.48. The number of anilines is 1. The van der Waals surface area contributed by atoms with Gasteiger partial charge in [0.15, 0.2) is 5.65 Å². The normalized spacial score (nSPS) is 25.0. The third-order valence-electron chi connectivity index (χ3n) is 11.3. The second-order valence-corrected chi connectivity index (χ2v) is 14.8. The lowest BCUT2D eigenvalue weighted by molar-refractivity contribution is -0.129. The van der Waals surface area contributed by atoms with Crippen LogP contribution < -0.4 is 15.5 Å². The molecule has 4 aliphatic carbocycles. The molecule has 2 aromatic heterocycles. The molecule has 1 aliphatic heterocycles. The van der Waals surface area contributed by atoms with Crippen LogP contribution in [0.4, 0.5) is 5.82 Å². The van der Waals surface area contributed by atoms with Crippen LogP contribution in [0.1, 0.15) is 56.2 Å². The summed E-state index contributed by atoms with van der Waals surface area (Å²) in [6.45, 7) is 7.58. The summed E-state index contributed by atoms with van der Waals surface area (Å²) < 4.78 is 8.03. The van der Waals surface area contributed by atoms with Gasteiger partial charge in [0.1, 0.15) is 5.82 Å². The van der Waals surface area contributed by atoms with Crippen LogP contribution in [0.2, 0.25) is 0 Å². The van der Waals surface area contributed by atoms with Crippen molar-refractivity contribution in [2.75, 3.05) is 50.8 Å². The highest BCUT2D eigenvalue weighted by molar-refractivity contribution is 5.83. The standard InChI is InChI=1S/C39H48N6O2/c1-27-37(32-7-3-2-4-8-32)38-42-34(22-36(45(38)43-27)44-14-11-40-12-15-44)33-9-5-6-28(21-33)10-16-47-17-13-41-35(46)26-39-23-29-18-30(24-39)20-31(19-29)25-39/h2-9,21-22,29-31,40H,10-20,23-26H2,1H3,(H,41,46). The molecule has 5 aliphatic rings. The number of carbonyl (C=O) groups is 1. The highest BCUT2D eigenvalue weighted by Crippen LogP contribution is 2.61. The number of nitrogens with one attached hydrogen (secondary N) is 2. The van der Waals surface area contributed by atoms with Crippen LogP contribution in [0.5, 0.6) is 0 Å². The number of aryl methyl sites for hydroxylation is 1. The van der Waals surface area contributed by atoms with Gasteiger partial charge in [-0.05, 0) is 92.2 Å². The molecule has 246 valence electrons. The molecule has 8 heteroatoms. The van der Waals surface area contributed by atoms with Gasteiger partial charge in [-0.2, -0.15) is 9.61 Å². The first kappa shape index (κ1) is 30.6. The summed E-state index contributed by atoms with van der Waals surface area (Å²) in [5.41, 5.74) is 7.63. The molecule has 0 radical (unpaired) electrons. The van der Waals surface area contributed by atoms with Crippen molar-refractivity contribution in [3.05, 3.63) is 71.9 Å². The molecule has 9 rings (SSSR count). The van der Waals surface area contributed by atoms with E-state index in [0.717, 1.165) is 89.9 Å². The second kappa shape index (κ2) is 13.0. The predicted molar refractivity (Wildman–Crippen MR) is 186 cm³/mol. The van der Waals surface area contributed by atoms with Gasteiger partial charge in [0, 0.05) is 56.3 Å². The van der Waals surface area contributed by atoms with Crippen LogP contribution in [0.3, 0.4) is 0 Å². The zero-order chi connectivity index (χ0) is 31.8. The van der Waals surface area contributed by atoms with Crippen molar-refractivity contribution >= 4 is 17.4 Å². The predicted octanol–water partition coefficient (Wildman–Crippen LogP) is 6.06. The van der Waals surface area contributed by atoms with Gasteiger partial charge in [0.25, 0.3) is 0 Å². The molecular formula is C39H48N6O2. The van der Waals surface area contributed by atoms with Gasteiger partial charge in [-0.15, -0.1) is 0 Å². The Bertz CT molecular complexity index is 1690. The highest BCUT2D eigenvalue weighted by Gasteiger charge is 2.51. The zero-order valence-electron chi connectivity index (χ0n) is 27.7. The van der Waals surface area contributed by atoms with Crippen LogP contribution in [-0.4, -0.2) is 66.4 Å². The number of amides is 1. The topological polar surface area (TPSA) is 83.8 Å². The number of rotatable bonds is 11. The minimum Gasteiger partial charge on any atom is -0.379 e. The summed E-state index contributed by atoms with van der Waals surface area (Å²) in [6, 6.07) is 21.3. The van der Waals surface area contributed by atoms with E-state index in [4.69, 9.17) is 14.8 Å². The SMILES string of the molecule is Cc1nn2c(N3CCNCC3)cc(-c3cccc(CCOCCNC(=O)CC45CC6CC(CC(C6)C4)C5)c3)nc2c1-c1ccccc1. The number of aromatic nitrogens is 3. The smallest absolute Gasteiger partial charge is 0.220 e. The molecule has 1 saturated heterocycles. The quantitative estimate of drug-likeness (QED) is 0.196. The summed E-state index contributed by atoms with van der Waals surface area (Å²) in [5, 5.41) is 11.6. The van der Waals surface area contributed by atoms with Gasteiger partial charge in [-0.3, -0.25) is 4.79 Å². The van der Waals surface area contributed by atoms with Crippen LogP contribution >= 0.6 is 0 Å². The molecular weight excluding hydrogens is 584 g/mol. The Morgan fingerprint density at radius 2 is 1.66 bits per heavy atom. The van der Waals surface area contributed by atoms with E-state index in [-0.39, 0.29) is 11.3 Å². The number of ether oxygens (including phenoxy) is 1. The lowest BCUT2D eigenvalue weighted by atomic mass is 9.49. The summed E-state index contributed by atoms with van der Waals surface area (Å²) in [5.74, 6) is 3.94. The number of hydrogen-bond acceptors (Lipinski definition) is 6. The molecule has 0 unspecified atom stereocenters. The zero-order valence-corrected chi connectivity index (χ0v) is 27.7. The van der Waals surface area contributed by atoms with E-state index in [1.807, 2.05) is 10.6 Å². The molecule has 47 heavy (non-hydrogen) atoms. The first-order chi connectivity index (χ1) is 23.0. The molecule has 8 nitrogen and oxygen atoms in total. The largest absolute Gasteiger partial charge is 0.379 e. The number of carbonyl (C=O) groups excluding carboxylic acids is 1. The Hall–Kier alpha value is -3.75. The summed E-state index contributed by atoms with van der Waals surface area (Å²) >= 11 is 0. The number of hydrogen-bond donors (Lipinski definition) is 2. The van der Waals surface area contributed by atoms with E-state index in [1.165, 1.54) is 44.1 Å². The Kier molecular flexibility index (Phi) is 8.48. The van der Waals surface area contributed by atoms with Crippen LogP contribution in [-0.2, 0) is 16.0 Å². The summed E-state index contributed by atoms with van der Waals surface area (Å²) in [4.78, 5) is 20.5. The van der Waals surface area contributed by atoms with E-state index in [9.17, 15) is 4.79 Å². The van der Waals surface area contributed by atoms with Crippen molar-refractivity contribution in [3.63, 3.8) is 0 Å². The Morgan fingerprint density at radius 1 is 0.936 bits per heavy atom. The Morgan fingerprint density at radius 3 is 2.40 bits per heavy atom. The summed E-state index contributed by atoms with van der Waals surface area (Å²) in [7, 11) is 0. The third-order valence-corrected chi connectivity index (χ3v) is 11.3. The second-order valence-electron chi connectivity index (χ2n) is 14.8. The molecule has 0 atom stereocenters. The van der Waals surface area contributed by atoms with Crippen LogP contribution in [0.15, 0.2) is 60.7 Å². The fraction of sp³-hybridized carbons (Fsp3) is 0.513. The maximum atomic E-state index is 12.9. The van der Waals surface area contributed by atoms with Gasteiger partial charge in [-0.1, -0.05) is 48.5 Å². The maximum absolute atomic E-state index is 12.9. The molecule has 3 heterocycles. The van der Waals surface area contributed by atoms with Crippen molar-refractivity contribution in [2.24, 2.45) is 23.2 Å². The van der Waals surface area contributed by atoms with E-state index in [0.29, 0.717) is 26.2 Å². The maximum Gasteiger partial charge on any atom is 0.220 e. The van der Waals surface area contributed by atoms with Gasteiger partial charge in [0.2, 0.25) is 5.91 Å². The number of benzene rings is 2. The van der Waals surface area contributed by atoms with E-state index < -0.39 is 0 Å². The minimum absolute atomic E-state index is 0.219. The monoisotopic (exact) mass is 632 g/mol. The Labute approximate surface area is 278 Å². The number of fused-ring (bicyclic) bond motifs is 1. The van der Waals surface area contributed by atoms with Crippen molar-refractivity contribution in [1.29, 1.82) is 0 Å². The highest BCUT2D eigenvalue weighted by atomic mass is 16.5. The fourth-order valence-electron chi connectivity index (χ4n) is 9.67. The fourth-order valence-corrected chi connectivity index (χ4v) is 9.67. The van der Waals surface area contributed by atoms with Crippen molar-refractivity contribution in [1.82, 2.24) is 25.2 Å². The van der Waals surface area contributed by atoms with Gasteiger partial charge >= 0.3 is 0 Å². The first-order valence-electron chi connectivity index (χ1n) is 17.9. The van der Waals surface area contributed by atoms with Crippen molar-refractivity contribution < 1.29 is 9.53 Å². The van der Waals surface area contributed by atoms with Gasteiger partial charge in [-0.25, -0.2) is 4.98 Å². The number of nitrogens with zero attached hydrogens (tertiary/aromatic N) is 4. The third kappa shape index (κ3) is 6.42. The van der Waals surface area contributed by atoms with Gasteiger partial charge in [0.05, 0.1) is 24.6 Å². The molecule has 1 amide bonds. The average molecular weight is 633 g/mol. The Balaban J connectivity index is 0.914. The van der Waals surface area contributed by atoms with Gasteiger partial charge < -0.3 is 20.3 Å². The lowest BCUT2D eigenvalue weighted by Gasteiger charge is -2.56. The van der Waals surface area contributed by atoms with E-state index in [1.54, 1.807) is 0 Å². The number of piperazine rings is 1. The first-order valence-corrected chi connectivity index (χ1v) is 17.9. The molecule has 4 bridgehead atoms. The minimum atomic E-state index is 0.219. The van der Waals surface area contributed by atoms with E-state index in [2.05, 4.69) is 77.1 Å². The molecule has 0 spiro atoms. The van der Waals surface area contributed by atoms with Crippen LogP contribution in [0, 0.1) is 30.1 Å². The van der Waals surface area contributed by atoms with Crippen molar-refractivity contribution in [2.45, 2.75) is 58.3 Å². The molecule has 4 aromatic rings. The van der Waals surface area contributed by atoms with E-state index >= 15 is 0 Å². The molecule has 2 N–H and O–H groups in total. The molecule has 5 fully saturated rings. The summed E-state index contributed by atoms with van der Waals surface area (Å²) in [6.07, 6.45) is 9.60. The van der Waals surface area contributed by atoms with Crippen LogP contribution in [0.25, 0.3) is 28.0 Å². The average Bonchev–Trinajstić information content (AvgIpc) is 3.41. The van der Waals surface area contributed by atoms with Crippen molar-refractivity contribution in [3.8, 4) is 22.4 Å². The molecule has 4 saturated carbocycles.